The van der Waals surface area contributed by atoms with Gasteiger partial charge in [0.1, 0.15) is 0 Å². The SMILES string of the molecule is Cc1cncc(COC2CCC3(CC2)OCCO3)c1. The van der Waals surface area contributed by atoms with Gasteiger partial charge in [0, 0.05) is 25.2 Å². The first-order chi connectivity index (χ1) is 9.26. The van der Waals surface area contributed by atoms with Gasteiger partial charge in [-0.1, -0.05) is 6.07 Å². The number of pyridine rings is 1. The summed E-state index contributed by atoms with van der Waals surface area (Å²) in [7, 11) is 0. The third kappa shape index (κ3) is 3.14. The van der Waals surface area contributed by atoms with E-state index in [0.717, 1.165) is 44.5 Å². The molecule has 0 amide bonds. The lowest BCUT2D eigenvalue weighted by atomic mass is 9.92. The highest BCUT2D eigenvalue weighted by Gasteiger charge is 2.40. The Kier molecular flexibility index (Phi) is 3.82. The molecular formula is C15H21NO3. The maximum Gasteiger partial charge on any atom is 0.168 e. The van der Waals surface area contributed by atoms with Gasteiger partial charge in [-0.25, -0.2) is 0 Å². The van der Waals surface area contributed by atoms with E-state index in [1.165, 1.54) is 5.56 Å². The van der Waals surface area contributed by atoms with Gasteiger partial charge in [0.2, 0.25) is 0 Å². The van der Waals surface area contributed by atoms with Crippen molar-refractivity contribution in [1.29, 1.82) is 0 Å². The molecule has 3 rings (SSSR count). The van der Waals surface area contributed by atoms with E-state index in [0.29, 0.717) is 12.7 Å². The van der Waals surface area contributed by atoms with Gasteiger partial charge in [-0.15, -0.1) is 0 Å². The van der Waals surface area contributed by atoms with Crippen molar-refractivity contribution in [2.45, 2.75) is 51.1 Å². The highest BCUT2D eigenvalue weighted by atomic mass is 16.7. The number of hydrogen-bond acceptors (Lipinski definition) is 4. The third-order valence-electron chi connectivity index (χ3n) is 3.93. The summed E-state index contributed by atoms with van der Waals surface area (Å²) in [6.45, 7) is 4.17. The Labute approximate surface area is 114 Å². The van der Waals surface area contributed by atoms with Crippen LogP contribution in [0, 0.1) is 6.92 Å². The monoisotopic (exact) mass is 263 g/mol. The molecule has 0 N–H and O–H groups in total. The van der Waals surface area contributed by atoms with Crippen molar-refractivity contribution >= 4 is 0 Å². The van der Waals surface area contributed by atoms with E-state index in [4.69, 9.17) is 14.2 Å². The standard InChI is InChI=1S/C15H21NO3/c1-12-8-13(10-16-9-12)11-17-14-2-4-15(5-3-14)18-6-7-19-15/h8-10,14H,2-7,11H2,1H3. The van der Waals surface area contributed by atoms with Gasteiger partial charge < -0.3 is 14.2 Å². The number of aryl methyl sites for hydroxylation is 1. The topological polar surface area (TPSA) is 40.6 Å². The highest BCUT2D eigenvalue weighted by molar-refractivity contribution is 5.15. The third-order valence-corrected chi connectivity index (χ3v) is 3.93. The summed E-state index contributed by atoms with van der Waals surface area (Å²) in [4.78, 5) is 4.19. The molecule has 0 atom stereocenters. The van der Waals surface area contributed by atoms with Crippen molar-refractivity contribution in [3.05, 3.63) is 29.6 Å². The second kappa shape index (κ2) is 5.57. The Hall–Kier alpha value is -0.970. The molecule has 0 radical (unpaired) electrons. The lowest BCUT2D eigenvalue weighted by Crippen LogP contribution is -2.37. The fourth-order valence-corrected chi connectivity index (χ4v) is 2.89. The Bertz CT molecular complexity index is 419. The van der Waals surface area contributed by atoms with Crippen molar-refractivity contribution in [2.75, 3.05) is 13.2 Å². The van der Waals surface area contributed by atoms with Crippen LogP contribution in [0.1, 0.15) is 36.8 Å². The van der Waals surface area contributed by atoms with Crippen molar-refractivity contribution in [3.63, 3.8) is 0 Å². The number of rotatable bonds is 3. The van der Waals surface area contributed by atoms with Crippen LogP contribution in [0.2, 0.25) is 0 Å². The zero-order valence-electron chi connectivity index (χ0n) is 11.4. The molecule has 1 aliphatic heterocycles. The van der Waals surface area contributed by atoms with Gasteiger partial charge >= 0.3 is 0 Å². The van der Waals surface area contributed by atoms with Crippen molar-refractivity contribution in [3.8, 4) is 0 Å². The van der Waals surface area contributed by atoms with E-state index < -0.39 is 0 Å². The van der Waals surface area contributed by atoms with Crippen LogP contribution in [-0.4, -0.2) is 30.1 Å². The minimum atomic E-state index is -0.287. The number of ether oxygens (including phenoxy) is 3. The summed E-state index contributed by atoms with van der Waals surface area (Å²) in [5.41, 5.74) is 2.32. The van der Waals surface area contributed by atoms with Gasteiger partial charge in [0.05, 0.1) is 25.9 Å². The minimum absolute atomic E-state index is 0.287. The molecule has 2 aliphatic rings. The fraction of sp³-hybridized carbons (Fsp3) is 0.667. The predicted molar refractivity (Wildman–Crippen MR) is 70.7 cm³/mol. The molecule has 1 aliphatic carbocycles. The van der Waals surface area contributed by atoms with Crippen LogP contribution in [-0.2, 0) is 20.8 Å². The Morgan fingerprint density at radius 3 is 2.68 bits per heavy atom. The van der Waals surface area contributed by atoms with Crippen LogP contribution in [0.4, 0.5) is 0 Å². The zero-order valence-corrected chi connectivity index (χ0v) is 11.4. The van der Waals surface area contributed by atoms with E-state index >= 15 is 0 Å². The molecule has 1 aromatic heterocycles. The first-order valence-corrected chi connectivity index (χ1v) is 7.06. The molecule has 4 nitrogen and oxygen atoms in total. The van der Waals surface area contributed by atoms with E-state index in [1.54, 1.807) is 0 Å². The quantitative estimate of drug-likeness (QED) is 0.840. The molecule has 1 spiro atoms. The van der Waals surface area contributed by atoms with Crippen LogP contribution in [0.25, 0.3) is 0 Å². The maximum absolute atomic E-state index is 5.98. The molecule has 0 unspecified atom stereocenters. The number of aromatic nitrogens is 1. The molecule has 1 aromatic rings. The van der Waals surface area contributed by atoms with Crippen LogP contribution in [0.15, 0.2) is 18.5 Å². The smallest absolute Gasteiger partial charge is 0.168 e. The van der Waals surface area contributed by atoms with Gasteiger partial charge in [-0.3, -0.25) is 4.98 Å². The number of nitrogens with zero attached hydrogens (tertiary/aromatic N) is 1. The Morgan fingerprint density at radius 1 is 1.26 bits per heavy atom. The molecule has 104 valence electrons. The van der Waals surface area contributed by atoms with Crippen molar-refractivity contribution < 1.29 is 14.2 Å². The minimum Gasteiger partial charge on any atom is -0.373 e. The second-order valence-electron chi connectivity index (χ2n) is 5.49. The van der Waals surface area contributed by atoms with E-state index in [-0.39, 0.29) is 5.79 Å². The van der Waals surface area contributed by atoms with E-state index in [1.807, 2.05) is 12.4 Å². The van der Waals surface area contributed by atoms with Crippen LogP contribution < -0.4 is 0 Å². The average molecular weight is 263 g/mol. The summed E-state index contributed by atoms with van der Waals surface area (Å²) in [5.74, 6) is -0.287. The lowest BCUT2D eigenvalue weighted by molar-refractivity contribution is -0.192. The molecule has 2 fully saturated rings. The van der Waals surface area contributed by atoms with Crippen LogP contribution in [0.3, 0.4) is 0 Å². The van der Waals surface area contributed by atoms with Gasteiger partial charge in [-0.05, 0) is 30.9 Å². The van der Waals surface area contributed by atoms with Crippen molar-refractivity contribution in [2.24, 2.45) is 0 Å². The summed E-state index contributed by atoms with van der Waals surface area (Å²) in [6.07, 6.45) is 7.98. The lowest BCUT2D eigenvalue weighted by Gasteiger charge is -2.35. The molecule has 4 heteroatoms. The van der Waals surface area contributed by atoms with Gasteiger partial charge in [0.25, 0.3) is 0 Å². The maximum atomic E-state index is 5.98. The first-order valence-electron chi connectivity index (χ1n) is 7.06. The molecule has 0 bridgehead atoms. The number of hydrogen-bond donors (Lipinski definition) is 0. The first kappa shape index (κ1) is 13.0. The average Bonchev–Trinajstić information content (AvgIpc) is 2.87. The largest absolute Gasteiger partial charge is 0.373 e. The Morgan fingerprint density at radius 2 is 2.00 bits per heavy atom. The molecule has 19 heavy (non-hydrogen) atoms. The highest BCUT2D eigenvalue weighted by Crippen LogP contribution is 2.36. The predicted octanol–water partition coefficient (Wildman–Crippen LogP) is 2.59. The molecule has 1 saturated carbocycles. The summed E-state index contributed by atoms with van der Waals surface area (Å²) < 4.78 is 17.4. The van der Waals surface area contributed by atoms with Gasteiger partial charge in [-0.2, -0.15) is 0 Å². The second-order valence-corrected chi connectivity index (χ2v) is 5.49. The van der Waals surface area contributed by atoms with Gasteiger partial charge in [0.15, 0.2) is 5.79 Å². The molecular weight excluding hydrogens is 242 g/mol. The summed E-state index contributed by atoms with van der Waals surface area (Å²) >= 11 is 0. The fourth-order valence-electron chi connectivity index (χ4n) is 2.89. The molecule has 2 heterocycles. The van der Waals surface area contributed by atoms with Crippen LogP contribution in [0.5, 0.6) is 0 Å². The van der Waals surface area contributed by atoms with E-state index in [9.17, 15) is 0 Å². The summed E-state index contributed by atoms with van der Waals surface area (Å²) in [6, 6.07) is 2.13. The molecule has 0 aromatic carbocycles. The van der Waals surface area contributed by atoms with Crippen molar-refractivity contribution in [1.82, 2.24) is 4.98 Å². The summed E-state index contributed by atoms with van der Waals surface area (Å²) in [5, 5.41) is 0. The molecule has 1 saturated heterocycles. The normalized spacial score (nSPS) is 23.0. The van der Waals surface area contributed by atoms with Crippen LogP contribution >= 0.6 is 0 Å². The zero-order chi connectivity index (χ0) is 13.1. The van der Waals surface area contributed by atoms with E-state index in [2.05, 4.69) is 18.0 Å². The Balaban J connectivity index is 1.47.